The number of pyridine rings is 1. The number of rotatable bonds is 0. The smallest absolute Gasteiger partial charge is 0.210 e. The molecule has 12 heavy (non-hydrogen) atoms. The van der Waals surface area contributed by atoms with Crippen molar-refractivity contribution in [3.63, 3.8) is 0 Å². The van der Waals surface area contributed by atoms with Crippen LogP contribution in [0.25, 0.3) is 0 Å². The van der Waals surface area contributed by atoms with Gasteiger partial charge in [0, 0.05) is 12.6 Å². The summed E-state index contributed by atoms with van der Waals surface area (Å²) in [5.74, 6) is 0.123. The van der Waals surface area contributed by atoms with Crippen molar-refractivity contribution in [2.75, 3.05) is 6.54 Å². The molecule has 0 amide bonds. The summed E-state index contributed by atoms with van der Waals surface area (Å²) in [6.45, 7) is 1.82. The first kappa shape index (κ1) is 7.55. The summed E-state index contributed by atoms with van der Waals surface area (Å²) in [7, 11) is 0. The summed E-state index contributed by atoms with van der Waals surface area (Å²) in [5.41, 5.74) is 2.25. The molecule has 0 saturated heterocycles. The lowest BCUT2D eigenvalue weighted by Crippen LogP contribution is -2.12. The molecule has 2 rings (SSSR count). The first-order chi connectivity index (χ1) is 5.86. The van der Waals surface area contributed by atoms with Crippen molar-refractivity contribution < 1.29 is 5.11 Å². The van der Waals surface area contributed by atoms with E-state index in [1.807, 2.05) is 6.07 Å². The Balaban J connectivity index is 2.36. The molecule has 0 aliphatic carbocycles. The zero-order valence-corrected chi connectivity index (χ0v) is 6.88. The largest absolute Gasteiger partial charge is 0.493 e. The SMILES string of the molecule is Oc1ccc2c(n1)CNCCC2. The van der Waals surface area contributed by atoms with Gasteiger partial charge in [-0.1, -0.05) is 6.07 Å². The van der Waals surface area contributed by atoms with Crippen molar-refractivity contribution in [1.29, 1.82) is 0 Å². The highest BCUT2D eigenvalue weighted by Gasteiger charge is 2.08. The second kappa shape index (κ2) is 3.11. The zero-order valence-electron chi connectivity index (χ0n) is 6.88. The summed E-state index contributed by atoms with van der Waals surface area (Å²) in [5, 5.41) is 12.4. The topological polar surface area (TPSA) is 45.2 Å². The number of fused-ring (bicyclic) bond motifs is 1. The van der Waals surface area contributed by atoms with Crippen molar-refractivity contribution >= 4 is 0 Å². The zero-order chi connectivity index (χ0) is 8.39. The molecule has 1 aliphatic heterocycles. The Morgan fingerprint density at radius 1 is 1.42 bits per heavy atom. The van der Waals surface area contributed by atoms with E-state index >= 15 is 0 Å². The molecule has 3 heteroatoms. The number of nitrogens with one attached hydrogen (secondary N) is 1. The number of aromatic nitrogens is 1. The summed E-state index contributed by atoms with van der Waals surface area (Å²) in [4.78, 5) is 4.07. The van der Waals surface area contributed by atoms with Crippen molar-refractivity contribution in [3.8, 4) is 5.88 Å². The monoisotopic (exact) mass is 164 g/mol. The number of nitrogens with zero attached hydrogens (tertiary/aromatic N) is 1. The fourth-order valence-electron chi connectivity index (χ4n) is 1.51. The van der Waals surface area contributed by atoms with Crippen LogP contribution in [-0.2, 0) is 13.0 Å². The van der Waals surface area contributed by atoms with Crippen LogP contribution >= 0.6 is 0 Å². The lowest BCUT2D eigenvalue weighted by Gasteiger charge is -2.03. The summed E-state index contributed by atoms with van der Waals surface area (Å²) >= 11 is 0. The predicted octanol–water partition coefficient (Wildman–Crippen LogP) is 0.823. The first-order valence-electron chi connectivity index (χ1n) is 4.25. The molecule has 64 valence electrons. The van der Waals surface area contributed by atoms with Gasteiger partial charge in [-0.3, -0.25) is 0 Å². The second-order valence-corrected chi connectivity index (χ2v) is 3.06. The fourth-order valence-corrected chi connectivity index (χ4v) is 1.51. The van der Waals surface area contributed by atoms with E-state index in [0.29, 0.717) is 0 Å². The maximum Gasteiger partial charge on any atom is 0.210 e. The fraction of sp³-hybridized carbons (Fsp3) is 0.444. The Kier molecular flexibility index (Phi) is 1.96. The maximum absolute atomic E-state index is 9.14. The molecule has 1 aromatic rings. The van der Waals surface area contributed by atoms with Crippen LogP contribution in [0.2, 0.25) is 0 Å². The molecule has 0 aromatic carbocycles. The van der Waals surface area contributed by atoms with Crippen LogP contribution in [0.1, 0.15) is 17.7 Å². The Morgan fingerprint density at radius 2 is 2.33 bits per heavy atom. The van der Waals surface area contributed by atoms with E-state index < -0.39 is 0 Å². The Labute approximate surface area is 71.4 Å². The number of aromatic hydroxyl groups is 1. The minimum absolute atomic E-state index is 0.123. The number of hydrogen-bond acceptors (Lipinski definition) is 3. The first-order valence-corrected chi connectivity index (χ1v) is 4.25. The highest BCUT2D eigenvalue weighted by molar-refractivity contribution is 5.26. The molecule has 1 aliphatic rings. The number of hydrogen-bond donors (Lipinski definition) is 2. The van der Waals surface area contributed by atoms with Crippen LogP contribution in [0, 0.1) is 0 Å². The van der Waals surface area contributed by atoms with Gasteiger partial charge in [0.1, 0.15) is 0 Å². The van der Waals surface area contributed by atoms with Crippen LogP contribution in [-0.4, -0.2) is 16.6 Å². The van der Waals surface area contributed by atoms with E-state index in [1.54, 1.807) is 6.07 Å². The molecular weight excluding hydrogens is 152 g/mol. The molecule has 0 fully saturated rings. The third kappa shape index (κ3) is 1.41. The highest BCUT2D eigenvalue weighted by atomic mass is 16.3. The minimum atomic E-state index is 0.123. The van der Waals surface area contributed by atoms with E-state index in [4.69, 9.17) is 5.11 Å². The average Bonchev–Trinajstić information content (AvgIpc) is 2.28. The van der Waals surface area contributed by atoms with E-state index in [-0.39, 0.29) is 5.88 Å². The molecule has 0 atom stereocenters. The molecule has 1 aromatic heterocycles. The highest BCUT2D eigenvalue weighted by Crippen LogP contribution is 2.15. The van der Waals surface area contributed by atoms with Crippen molar-refractivity contribution in [3.05, 3.63) is 23.4 Å². The van der Waals surface area contributed by atoms with Gasteiger partial charge in [-0.25, -0.2) is 4.98 Å². The van der Waals surface area contributed by atoms with Crippen LogP contribution in [0.4, 0.5) is 0 Å². The van der Waals surface area contributed by atoms with Crippen LogP contribution in [0.15, 0.2) is 12.1 Å². The predicted molar refractivity (Wildman–Crippen MR) is 45.9 cm³/mol. The van der Waals surface area contributed by atoms with Crippen molar-refractivity contribution in [1.82, 2.24) is 10.3 Å². The molecule has 2 N–H and O–H groups in total. The van der Waals surface area contributed by atoms with Gasteiger partial charge in [-0.15, -0.1) is 0 Å². The van der Waals surface area contributed by atoms with Crippen LogP contribution in [0.5, 0.6) is 5.88 Å². The Bertz CT molecular complexity index is 286. The molecule has 0 saturated carbocycles. The van der Waals surface area contributed by atoms with Gasteiger partial charge in [0.05, 0.1) is 5.69 Å². The molecule has 0 unspecified atom stereocenters. The van der Waals surface area contributed by atoms with Gasteiger partial charge in [0.25, 0.3) is 0 Å². The quantitative estimate of drug-likeness (QED) is 0.596. The third-order valence-electron chi connectivity index (χ3n) is 2.15. The van der Waals surface area contributed by atoms with Gasteiger partial charge in [0.15, 0.2) is 0 Å². The van der Waals surface area contributed by atoms with Gasteiger partial charge < -0.3 is 10.4 Å². The van der Waals surface area contributed by atoms with Gasteiger partial charge in [0.2, 0.25) is 5.88 Å². The van der Waals surface area contributed by atoms with Crippen molar-refractivity contribution in [2.45, 2.75) is 19.4 Å². The van der Waals surface area contributed by atoms with E-state index in [2.05, 4.69) is 10.3 Å². The van der Waals surface area contributed by atoms with E-state index in [9.17, 15) is 0 Å². The molecule has 3 nitrogen and oxygen atoms in total. The maximum atomic E-state index is 9.14. The number of aryl methyl sites for hydroxylation is 1. The molecular formula is C9H12N2O. The Morgan fingerprint density at radius 3 is 3.25 bits per heavy atom. The van der Waals surface area contributed by atoms with Gasteiger partial charge >= 0.3 is 0 Å². The molecule has 0 spiro atoms. The average molecular weight is 164 g/mol. The van der Waals surface area contributed by atoms with Gasteiger partial charge in [-0.05, 0) is 24.9 Å². The van der Waals surface area contributed by atoms with E-state index in [0.717, 1.165) is 31.6 Å². The van der Waals surface area contributed by atoms with Crippen LogP contribution in [0.3, 0.4) is 0 Å². The molecule has 2 heterocycles. The van der Waals surface area contributed by atoms with Gasteiger partial charge in [-0.2, -0.15) is 0 Å². The minimum Gasteiger partial charge on any atom is -0.493 e. The molecule has 0 bridgehead atoms. The van der Waals surface area contributed by atoms with Crippen molar-refractivity contribution in [2.24, 2.45) is 0 Å². The van der Waals surface area contributed by atoms with E-state index in [1.165, 1.54) is 5.56 Å². The molecule has 0 radical (unpaired) electrons. The standard InChI is InChI=1S/C9H12N2O/c12-9-4-3-7-2-1-5-10-6-8(7)11-9/h3-4,10H,1-2,5-6H2,(H,11,12). The summed E-state index contributed by atoms with van der Waals surface area (Å²) in [6.07, 6.45) is 2.22. The normalized spacial score (nSPS) is 16.7. The third-order valence-corrected chi connectivity index (χ3v) is 2.15. The second-order valence-electron chi connectivity index (χ2n) is 3.06. The summed E-state index contributed by atoms with van der Waals surface area (Å²) < 4.78 is 0. The lowest BCUT2D eigenvalue weighted by molar-refractivity contribution is 0.450. The summed E-state index contributed by atoms with van der Waals surface area (Å²) in [6, 6.07) is 3.62. The Hall–Kier alpha value is -1.09. The lowest BCUT2D eigenvalue weighted by atomic mass is 10.1. The van der Waals surface area contributed by atoms with Crippen LogP contribution < -0.4 is 5.32 Å².